The molecule has 4 nitrogen and oxygen atoms in total. The fourth-order valence-electron chi connectivity index (χ4n) is 4.02. The first-order valence-electron chi connectivity index (χ1n) is 9.00. The fraction of sp³-hybridized carbons (Fsp3) is 0.632. The molecule has 0 aromatic heterocycles. The Labute approximate surface area is 155 Å². The van der Waals surface area contributed by atoms with Crippen molar-refractivity contribution in [3.8, 4) is 0 Å². The van der Waals surface area contributed by atoms with Crippen molar-refractivity contribution in [2.45, 2.75) is 56.9 Å². The number of rotatable bonds is 3. The highest BCUT2D eigenvalue weighted by molar-refractivity contribution is 7.59. The third kappa shape index (κ3) is 4.01. The van der Waals surface area contributed by atoms with E-state index >= 15 is 0 Å². The molecule has 0 N–H and O–H groups in total. The number of carbonyl (C=O) groups excluding carboxylic acids is 1. The highest BCUT2D eigenvalue weighted by atomic mass is 32.1. The largest absolute Gasteiger partial charge is 0.360 e. The van der Waals surface area contributed by atoms with E-state index in [1.807, 2.05) is 19.1 Å². The summed E-state index contributed by atoms with van der Waals surface area (Å²) in [5, 5.41) is 0. The Morgan fingerprint density at radius 2 is 1.84 bits per heavy atom. The summed E-state index contributed by atoms with van der Waals surface area (Å²) in [5.74, 6) is -0.0253. The van der Waals surface area contributed by atoms with Gasteiger partial charge in [0, 0.05) is 25.7 Å². The Morgan fingerprint density at radius 1 is 1.20 bits per heavy atom. The Kier molecular flexibility index (Phi) is 5.42. The standard InChI is InChI=1S/C19H25FN2O2.H2S/c1-14-18(23)22(17-6-7-17)13-19(24-14)8-10-21(11-9-19)12-15-2-4-16(20)5-3-15;/h2-5,14,17H,6-13H2,1H3;1H2/t14-;/m0./s1. The lowest BCUT2D eigenvalue weighted by molar-refractivity contribution is -0.191. The van der Waals surface area contributed by atoms with Gasteiger partial charge in [0.1, 0.15) is 11.9 Å². The smallest absolute Gasteiger partial charge is 0.251 e. The Balaban J connectivity index is 0.00000182. The third-order valence-corrected chi connectivity index (χ3v) is 5.59. The van der Waals surface area contributed by atoms with Crippen LogP contribution in [0.5, 0.6) is 0 Å². The summed E-state index contributed by atoms with van der Waals surface area (Å²) < 4.78 is 19.2. The number of nitrogens with zero attached hydrogens (tertiary/aromatic N) is 2. The average Bonchev–Trinajstić information content (AvgIpc) is 3.40. The van der Waals surface area contributed by atoms with E-state index in [-0.39, 0.29) is 36.9 Å². The van der Waals surface area contributed by atoms with Crippen LogP contribution in [0.1, 0.15) is 38.2 Å². The van der Waals surface area contributed by atoms with Crippen LogP contribution in [0.3, 0.4) is 0 Å². The molecule has 138 valence electrons. The van der Waals surface area contributed by atoms with Crippen molar-refractivity contribution in [3.63, 3.8) is 0 Å². The quantitative estimate of drug-likeness (QED) is 0.825. The molecule has 1 atom stereocenters. The van der Waals surface area contributed by atoms with Gasteiger partial charge in [0.25, 0.3) is 5.91 Å². The van der Waals surface area contributed by atoms with E-state index in [0.29, 0.717) is 6.04 Å². The lowest BCUT2D eigenvalue weighted by Crippen LogP contribution is -2.61. The van der Waals surface area contributed by atoms with Gasteiger partial charge in [0.15, 0.2) is 0 Å². The van der Waals surface area contributed by atoms with Gasteiger partial charge >= 0.3 is 0 Å². The van der Waals surface area contributed by atoms with Crippen molar-refractivity contribution in [2.75, 3.05) is 19.6 Å². The molecule has 0 unspecified atom stereocenters. The summed E-state index contributed by atoms with van der Waals surface area (Å²) in [6, 6.07) is 7.20. The van der Waals surface area contributed by atoms with E-state index in [4.69, 9.17) is 4.74 Å². The molecule has 3 aliphatic rings. The van der Waals surface area contributed by atoms with Crippen molar-refractivity contribution in [2.24, 2.45) is 0 Å². The van der Waals surface area contributed by atoms with Crippen LogP contribution in [-0.2, 0) is 16.1 Å². The second kappa shape index (κ2) is 7.25. The Bertz CT molecular complexity index is 612. The topological polar surface area (TPSA) is 32.8 Å². The molecule has 1 aliphatic carbocycles. The molecule has 2 saturated heterocycles. The number of morpholine rings is 1. The minimum Gasteiger partial charge on any atom is -0.360 e. The van der Waals surface area contributed by atoms with Gasteiger partial charge in [-0.2, -0.15) is 13.5 Å². The molecule has 25 heavy (non-hydrogen) atoms. The fourth-order valence-corrected chi connectivity index (χ4v) is 4.02. The van der Waals surface area contributed by atoms with E-state index in [2.05, 4.69) is 9.80 Å². The summed E-state index contributed by atoms with van der Waals surface area (Å²) in [7, 11) is 0. The van der Waals surface area contributed by atoms with E-state index < -0.39 is 0 Å². The molecule has 1 saturated carbocycles. The summed E-state index contributed by atoms with van der Waals surface area (Å²) in [6.07, 6.45) is 3.88. The van der Waals surface area contributed by atoms with Crippen LogP contribution in [-0.4, -0.2) is 53.1 Å². The predicted octanol–water partition coefficient (Wildman–Crippen LogP) is 2.68. The van der Waals surface area contributed by atoms with Crippen molar-refractivity contribution in [1.29, 1.82) is 0 Å². The zero-order chi connectivity index (χ0) is 16.7. The molecule has 3 fully saturated rings. The molecule has 0 bridgehead atoms. The molecular weight excluding hydrogens is 339 g/mol. The van der Waals surface area contributed by atoms with Gasteiger partial charge in [-0.1, -0.05) is 12.1 Å². The molecule has 4 rings (SSSR count). The highest BCUT2D eigenvalue weighted by Crippen LogP contribution is 2.38. The second-order valence-corrected chi connectivity index (χ2v) is 7.54. The molecule has 1 aromatic carbocycles. The van der Waals surface area contributed by atoms with Crippen LogP contribution < -0.4 is 0 Å². The molecule has 0 radical (unpaired) electrons. The third-order valence-electron chi connectivity index (χ3n) is 5.59. The van der Waals surface area contributed by atoms with Gasteiger partial charge in [0.05, 0.1) is 12.1 Å². The Hall–Kier alpha value is -1.11. The van der Waals surface area contributed by atoms with Crippen LogP contribution >= 0.6 is 13.5 Å². The molecule has 6 heteroatoms. The lowest BCUT2D eigenvalue weighted by atomic mass is 9.88. The SMILES string of the molecule is C[C@@H]1OC2(CCN(Cc3ccc(F)cc3)CC2)CN(C2CC2)C1=O.S. The molecule has 1 spiro atoms. The number of ether oxygens (including phenoxy) is 1. The first-order chi connectivity index (χ1) is 11.5. The minimum atomic E-state index is -0.317. The van der Waals surface area contributed by atoms with E-state index in [9.17, 15) is 9.18 Å². The van der Waals surface area contributed by atoms with Crippen molar-refractivity contribution in [3.05, 3.63) is 35.6 Å². The number of halogens is 1. The van der Waals surface area contributed by atoms with E-state index in [1.165, 1.54) is 12.1 Å². The van der Waals surface area contributed by atoms with Crippen LogP contribution in [0.2, 0.25) is 0 Å². The molecule has 2 aliphatic heterocycles. The zero-order valence-corrected chi connectivity index (χ0v) is 15.7. The van der Waals surface area contributed by atoms with E-state index in [0.717, 1.165) is 57.4 Å². The van der Waals surface area contributed by atoms with Gasteiger partial charge in [-0.3, -0.25) is 9.69 Å². The Morgan fingerprint density at radius 3 is 2.44 bits per heavy atom. The number of benzene rings is 1. The van der Waals surface area contributed by atoms with Crippen LogP contribution in [0.15, 0.2) is 24.3 Å². The van der Waals surface area contributed by atoms with E-state index in [1.54, 1.807) is 0 Å². The van der Waals surface area contributed by atoms with Gasteiger partial charge < -0.3 is 9.64 Å². The molecule has 2 heterocycles. The highest BCUT2D eigenvalue weighted by Gasteiger charge is 2.48. The number of piperidine rings is 1. The van der Waals surface area contributed by atoms with Crippen LogP contribution in [0.25, 0.3) is 0 Å². The summed E-state index contributed by atoms with van der Waals surface area (Å²) in [4.78, 5) is 16.8. The first-order valence-corrected chi connectivity index (χ1v) is 9.00. The van der Waals surface area contributed by atoms with Crippen molar-refractivity contribution >= 4 is 19.4 Å². The number of amides is 1. The lowest BCUT2D eigenvalue weighted by Gasteiger charge is -2.49. The predicted molar refractivity (Wildman–Crippen MR) is 99.3 cm³/mol. The first kappa shape index (κ1) is 18.7. The normalized spacial score (nSPS) is 26.6. The van der Waals surface area contributed by atoms with Crippen LogP contribution in [0.4, 0.5) is 4.39 Å². The summed E-state index contributed by atoms with van der Waals surface area (Å²) in [6.45, 7) is 5.40. The van der Waals surface area contributed by atoms with Crippen molar-refractivity contribution < 1.29 is 13.9 Å². The number of likely N-dealkylation sites (tertiary alicyclic amines) is 1. The molecule has 1 amide bonds. The summed E-state index contributed by atoms with van der Waals surface area (Å²) >= 11 is 0. The average molecular weight is 367 g/mol. The minimum absolute atomic E-state index is 0. The maximum atomic E-state index is 13.0. The van der Waals surface area contributed by atoms with Gasteiger partial charge in [-0.05, 0) is 50.3 Å². The zero-order valence-electron chi connectivity index (χ0n) is 14.7. The molecule has 1 aromatic rings. The van der Waals surface area contributed by atoms with Crippen molar-refractivity contribution in [1.82, 2.24) is 9.80 Å². The van der Waals surface area contributed by atoms with Gasteiger partial charge in [0.2, 0.25) is 0 Å². The number of hydrogen-bond donors (Lipinski definition) is 0. The number of carbonyl (C=O) groups is 1. The monoisotopic (exact) mass is 366 g/mol. The summed E-state index contributed by atoms with van der Waals surface area (Å²) in [5.41, 5.74) is 0.968. The van der Waals surface area contributed by atoms with Gasteiger partial charge in [-0.25, -0.2) is 4.39 Å². The van der Waals surface area contributed by atoms with Gasteiger partial charge in [-0.15, -0.1) is 0 Å². The second-order valence-electron chi connectivity index (χ2n) is 7.54. The maximum absolute atomic E-state index is 13.0. The number of hydrogen-bond acceptors (Lipinski definition) is 3. The van der Waals surface area contributed by atoms with Crippen LogP contribution in [0, 0.1) is 5.82 Å². The maximum Gasteiger partial charge on any atom is 0.251 e. The molecular formula is C19H27FN2O2S.